The van der Waals surface area contributed by atoms with Gasteiger partial charge in [-0.3, -0.25) is 0 Å². The fourth-order valence-corrected chi connectivity index (χ4v) is 5.85. The second-order valence-electron chi connectivity index (χ2n) is 9.16. The molecule has 2 aliphatic rings. The van der Waals surface area contributed by atoms with Crippen molar-refractivity contribution in [2.24, 2.45) is 0 Å². The summed E-state index contributed by atoms with van der Waals surface area (Å²) in [5, 5.41) is 16.2. The minimum absolute atomic E-state index is 0.0384. The molecule has 1 unspecified atom stereocenters. The van der Waals surface area contributed by atoms with Crippen LogP contribution in [0.1, 0.15) is 49.7 Å². The number of hydrogen-bond donors (Lipinski definition) is 2. The molecule has 0 amide bonds. The summed E-state index contributed by atoms with van der Waals surface area (Å²) < 4.78 is 0. The van der Waals surface area contributed by atoms with E-state index in [4.69, 9.17) is 34.8 Å². The molecule has 0 spiro atoms. The second-order valence-corrected chi connectivity index (χ2v) is 10.3. The average molecular weight is 482 g/mol. The van der Waals surface area contributed by atoms with Crippen LogP contribution in [-0.4, -0.2) is 42.7 Å². The largest absolute Gasteiger partial charge is 0.385 e. The molecule has 0 bridgehead atoms. The van der Waals surface area contributed by atoms with Crippen molar-refractivity contribution in [1.82, 2.24) is 10.2 Å². The fraction of sp³-hybridized carbons (Fsp3) is 0.520. The average Bonchev–Trinajstić information content (AvgIpc) is 2.80. The van der Waals surface area contributed by atoms with Crippen molar-refractivity contribution in [3.63, 3.8) is 0 Å². The molecule has 4 rings (SSSR count). The molecule has 6 heteroatoms. The van der Waals surface area contributed by atoms with Gasteiger partial charge in [-0.25, -0.2) is 0 Å². The maximum absolute atomic E-state index is 11.1. The minimum atomic E-state index is -0.691. The normalized spacial score (nSPS) is 24.3. The zero-order chi connectivity index (χ0) is 21.9. The summed E-state index contributed by atoms with van der Waals surface area (Å²) in [6.07, 6.45) is 6.02. The fourth-order valence-electron chi connectivity index (χ4n) is 5.26. The molecule has 2 aliphatic heterocycles. The lowest BCUT2D eigenvalue weighted by molar-refractivity contribution is -0.0264. The first-order chi connectivity index (χ1) is 14.9. The van der Waals surface area contributed by atoms with Gasteiger partial charge < -0.3 is 15.3 Å². The van der Waals surface area contributed by atoms with Crippen LogP contribution in [-0.2, 0) is 11.0 Å². The van der Waals surface area contributed by atoms with E-state index in [1.165, 1.54) is 5.56 Å². The second kappa shape index (κ2) is 9.99. The Morgan fingerprint density at radius 3 is 2.23 bits per heavy atom. The highest BCUT2D eigenvalue weighted by Gasteiger charge is 2.36. The number of piperidine rings is 2. The Hall–Kier alpha value is -0.810. The Balaban J connectivity index is 1.37. The Kier molecular flexibility index (Phi) is 7.52. The van der Waals surface area contributed by atoms with Crippen molar-refractivity contribution in [3.05, 3.63) is 68.7 Å². The van der Waals surface area contributed by atoms with Gasteiger partial charge in [0.2, 0.25) is 0 Å². The summed E-state index contributed by atoms with van der Waals surface area (Å²) in [6, 6.07) is 14.1. The van der Waals surface area contributed by atoms with E-state index in [9.17, 15) is 5.11 Å². The predicted molar refractivity (Wildman–Crippen MR) is 131 cm³/mol. The molecule has 0 aliphatic carbocycles. The van der Waals surface area contributed by atoms with Crippen molar-refractivity contribution < 1.29 is 5.11 Å². The maximum atomic E-state index is 11.1. The first kappa shape index (κ1) is 23.4. The van der Waals surface area contributed by atoms with E-state index in [1.54, 1.807) is 0 Å². The molecular weight excluding hydrogens is 451 g/mol. The van der Waals surface area contributed by atoms with Gasteiger partial charge in [0.25, 0.3) is 0 Å². The van der Waals surface area contributed by atoms with Gasteiger partial charge in [-0.1, -0.05) is 65.1 Å². The standard InChI is InChI=1S/C25H31Cl3N2O/c26-21-16-20(17-22(27)23(21)28)24(8-4-12-29-18-24)9-5-13-30-14-10-25(31,11-15-30)19-6-2-1-3-7-19/h1-3,6-7,16-17,29,31H,4-5,8-15,18H2. The third kappa shape index (κ3) is 5.24. The summed E-state index contributed by atoms with van der Waals surface area (Å²) >= 11 is 18.9. The van der Waals surface area contributed by atoms with Gasteiger partial charge in [0, 0.05) is 25.0 Å². The van der Waals surface area contributed by atoms with Crippen molar-refractivity contribution in [2.45, 2.75) is 49.5 Å². The molecular formula is C25H31Cl3N2O. The molecule has 0 radical (unpaired) electrons. The van der Waals surface area contributed by atoms with Gasteiger partial charge in [0.1, 0.15) is 0 Å². The molecule has 0 aromatic heterocycles. The van der Waals surface area contributed by atoms with Crippen LogP contribution in [0, 0.1) is 0 Å². The van der Waals surface area contributed by atoms with E-state index in [0.29, 0.717) is 15.1 Å². The number of rotatable bonds is 6. The summed E-state index contributed by atoms with van der Waals surface area (Å²) in [5.74, 6) is 0. The monoisotopic (exact) mass is 480 g/mol. The van der Waals surface area contributed by atoms with E-state index >= 15 is 0 Å². The lowest BCUT2D eigenvalue weighted by atomic mass is 9.71. The van der Waals surface area contributed by atoms with E-state index < -0.39 is 5.60 Å². The summed E-state index contributed by atoms with van der Waals surface area (Å²) in [7, 11) is 0. The van der Waals surface area contributed by atoms with Gasteiger partial charge >= 0.3 is 0 Å². The first-order valence-electron chi connectivity index (χ1n) is 11.3. The van der Waals surface area contributed by atoms with Gasteiger partial charge in [0.05, 0.1) is 20.7 Å². The van der Waals surface area contributed by atoms with Crippen molar-refractivity contribution in [3.8, 4) is 0 Å². The van der Waals surface area contributed by atoms with E-state index in [2.05, 4.69) is 10.2 Å². The molecule has 2 aromatic rings. The Morgan fingerprint density at radius 2 is 1.61 bits per heavy atom. The smallest absolute Gasteiger partial charge is 0.0920 e. The molecule has 2 saturated heterocycles. The molecule has 3 nitrogen and oxygen atoms in total. The zero-order valence-electron chi connectivity index (χ0n) is 17.8. The Morgan fingerprint density at radius 1 is 0.935 bits per heavy atom. The SMILES string of the molecule is OC1(c2ccccc2)CCN(CCCC2(c3cc(Cl)c(Cl)c(Cl)c3)CCCNC2)CC1. The van der Waals surface area contributed by atoms with E-state index in [0.717, 1.165) is 76.8 Å². The highest BCUT2D eigenvalue weighted by Crippen LogP contribution is 2.41. The Labute approximate surface area is 200 Å². The number of nitrogens with zero attached hydrogens (tertiary/aromatic N) is 1. The van der Waals surface area contributed by atoms with Gasteiger partial charge in [0.15, 0.2) is 0 Å². The number of likely N-dealkylation sites (tertiary alicyclic amines) is 1. The molecule has 2 fully saturated rings. The number of benzene rings is 2. The highest BCUT2D eigenvalue weighted by molar-refractivity contribution is 6.48. The summed E-state index contributed by atoms with van der Waals surface area (Å²) in [6.45, 7) is 4.89. The molecule has 2 heterocycles. The lowest BCUT2D eigenvalue weighted by Gasteiger charge is -2.41. The minimum Gasteiger partial charge on any atom is -0.385 e. The van der Waals surface area contributed by atoms with Crippen LogP contribution in [0.2, 0.25) is 15.1 Å². The van der Waals surface area contributed by atoms with Crippen LogP contribution < -0.4 is 5.32 Å². The number of halogens is 3. The Bertz CT molecular complexity index is 853. The van der Waals surface area contributed by atoms with Crippen LogP contribution in [0.5, 0.6) is 0 Å². The summed E-state index contributed by atoms with van der Waals surface area (Å²) in [5.41, 5.74) is 1.58. The van der Waals surface area contributed by atoms with Gasteiger partial charge in [-0.15, -0.1) is 0 Å². The van der Waals surface area contributed by atoms with Crippen LogP contribution in [0.3, 0.4) is 0 Å². The predicted octanol–water partition coefficient (Wildman–Crippen LogP) is 6.03. The first-order valence-corrected chi connectivity index (χ1v) is 12.4. The molecule has 2 aromatic carbocycles. The third-order valence-electron chi connectivity index (χ3n) is 7.19. The molecule has 1 atom stereocenters. The third-order valence-corrected chi connectivity index (χ3v) is 8.39. The van der Waals surface area contributed by atoms with Crippen molar-refractivity contribution >= 4 is 34.8 Å². The van der Waals surface area contributed by atoms with Gasteiger partial charge in [-0.05, 0) is 74.9 Å². The number of hydrogen-bond acceptors (Lipinski definition) is 3. The topological polar surface area (TPSA) is 35.5 Å². The maximum Gasteiger partial charge on any atom is 0.0920 e. The molecule has 168 valence electrons. The van der Waals surface area contributed by atoms with E-state index in [-0.39, 0.29) is 5.41 Å². The van der Waals surface area contributed by atoms with Crippen molar-refractivity contribution in [2.75, 3.05) is 32.7 Å². The van der Waals surface area contributed by atoms with Crippen LogP contribution in [0.15, 0.2) is 42.5 Å². The lowest BCUT2D eigenvalue weighted by Crippen LogP contribution is -2.45. The molecule has 0 saturated carbocycles. The quantitative estimate of drug-likeness (QED) is 0.494. The number of nitrogens with one attached hydrogen (secondary N) is 1. The van der Waals surface area contributed by atoms with Crippen LogP contribution in [0.25, 0.3) is 0 Å². The number of aliphatic hydroxyl groups is 1. The summed E-state index contributed by atoms with van der Waals surface area (Å²) in [4.78, 5) is 2.49. The van der Waals surface area contributed by atoms with Crippen molar-refractivity contribution in [1.29, 1.82) is 0 Å². The highest BCUT2D eigenvalue weighted by atomic mass is 35.5. The van der Waals surface area contributed by atoms with Gasteiger partial charge in [-0.2, -0.15) is 0 Å². The van der Waals surface area contributed by atoms with E-state index in [1.807, 2.05) is 42.5 Å². The van der Waals surface area contributed by atoms with Crippen LogP contribution >= 0.6 is 34.8 Å². The molecule has 2 N–H and O–H groups in total. The zero-order valence-corrected chi connectivity index (χ0v) is 20.1. The molecule has 31 heavy (non-hydrogen) atoms. The van der Waals surface area contributed by atoms with Crippen LogP contribution in [0.4, 0.5) is 0 Å².